The standard InChI is InChI=1S/C16H24N4O5S/c1-11-8-14(25-5)15(9-13(11)24-4)26(21,22)19-12(2)16-18-17-10-20(16)6-7-23-3/h8-10,12,19H,6-7H2,1-5H3/t12-/m1/s1. The van der Waals surface area contributed by atoms with Crippen LogP contribution in [0.25, 0.3) is 0 Å². The first-order chi connectivity index (χ1) is 12.3. The highest BCUT2D eigenvalue weighted by molar-refractivity contribution is 7.89. The van der Waals surface area contributed by atoms with E-state index in [0.717, 1.165) is 5.56 Å². The van der Waals surface area contributed by atoms with Gasteiger partial charge in [-0.3, -0.25) is 0 Å². The normalized spacial score (nSPS) is 12.8. The van der Waals surface area contributed by atoms with E-state index < -0.39 is 16.1 Å². The minimum absolute atomic E-state index is 0.00254. The van der Waals surface area contributed by atoms with Crippen molar-refractivity contribution in [1.82, 2.24) is 19.5 Å². The number of ether oxygens (including phenoxy) is 3. The van der Waals surface area contributed by atoms with E-state index in [-0.39, 0.29) is 10.6 Å². The van der Waals surface area contributed by atoms with Gasteiger partial charge >= 0.3 is 0 Å². The predicted octanol–water partition coefficient (Wildman–Crippen LogP) is 1.29. The molecule has 10 heteroatoms. The Morgan fingerprint density at radius 1 is 1.19 bits per heavy atom. The molecule has 1 atom stereocenters. The lowest BCUT2D eigenvalue weighted by Crippen LogP contribution is -2.29. The molecule has 0 unspecified atom stereocenters. The van der Waals surface area contributed by atoms with Crippen molar-refractivity contribution < 1.29 is 22.6 Å². The number of sulfonamides is 1. The Labute approximate surface area is 153 Å². The Morgan fingerprint density at radius 3 is 2.50 bits per heavy atom. The van der Waals surface area contributed by atoms with Crippen LogP contribution < -0.4 is 14.2 Å². The highest BCUT2D eigenvalue weighted by Crippen LogP contribution is 2.32. The number of aryl methyl sites for hydroxylation is 1. The van der Waals surface area contributed by atoms with Crippen LogP contribution in [0.3, 0.4) is 0 Å². The number of aromatic nitrogens is 3. The van der Waals surface area contributed by atoms with Crippen LogP contribution in [0.4, 0.5) is 0 Å². The summed E-state index contributed by atoms with van der Waals surface area (Å²) < 4.78 is 45.6. The third-order valence-electron chi connectivity index (χ3n) is 3.87. The maximum Gasteiger partial charge on any atom is 0.245 e. The van der Waals surface area contributed by atoms with E-state index in [2.05, 4.69) is 14.9 Å². The molecule has 0 spiro atoms. The lowest BCUT2D eigenvalue weighted by molar-refractivity contribution is 0.185. The Kier molecular flexibility index (Phi) is 6.57. The first-order valence-corrected chi connectivity index (χ1v) is 9.44. The van der Waals surface area contributed by atoms with E-state index in [0.29, 0.717) is 24.7 Å². The second-order valence-electron chi connectivity index (χ2n) is 5.69. The quantitative estimate of drug-likeness (QED) is 0.694. The maximum atomic E-state index is 12.9. The summed E-state index contributed by atoms with van der Waals surface area (Å²) in [5.74, 6) is 1.19. The molecule has 0 saturated carbocycles. The third kappa shape index (κ3) is 4.32. The van der Waals surface area contributed by atoms with Crippen LogP contribution in [0.1, 0.15) is 24.4 Å². The molecule has 0 bridgehead atoms. The van der Waals surface area contributed by atoms with E-state index in [1.165, 1.54) is 26.6 Å². The fraction of sp³-hybridized carbons (Fsp3) is 0.500. The Hall–Kier alpha value is -2.17. The molecule has 0 radical (unpaired) electrons. The van der Waals surface area contributed by atoms with Gasteiger partial charge in [0.05, 0.1) is 26.9 Å². The molecule has 144 valence electrons. The highest BCUT2D eigenvalue weighted by atomic mass is 32.2. The summed E-state index contributed by atoms with van der Waals surface area (Å²) >= 11 is 0. The van der Waals surface area contributed by atoms with E-state index in [4.69, 9.17) is 14.2 Å². The van der Waals surface area contributed by atoms with Gasteiger partial charge in [-0.25, -0.2) is 13.1 Å². The van der Waals surface area contributed by atoms with Crippen LogP contribution in [-0.4, -0.2) is 51.1 Å². The molecule has 0 aliphatic heterocycles. The molecular weight excluding hydrogens is 360 g/mol. The average molecular weight is 384 g/mol. The van der Waals surface area contributed by atoms with Gasteiger partial charge in [0.1, 0.15) is 22.7 Å². The fourth-order valence-electron chi connectivity index (χ4n) is 2.54. The number of hydrogen-bond donors (Lipinski definition) is 1. The molecule has 0 aliphatic carbocycles. The van der Waals surface area contributed by atoms with E-state index in [1.807, 2.05) is 6.92 Å². The second-order valence-corrected chi connectivity index (χ2v) is 7.37. The number of nitrogens with zero attached hydrogens (tertiary/aromatic N) is 3. The van der Waals surface area contributed by atoms with Gasteiger partial charge in [0, 0.05) is 19.7 Å². The number of methoxy groups -OCH3 is 3. The molecule has 0 saturated heterocycles. The van der Waals surface area contributed by atoms with Gasteiger partial charge in [-0.1, -0.05) is 0 Å². The smallest absolute Gasteiger partial charge is 0.245 e. The Balaban J connectivity index is 2.33. The van der Waals surface area contributed by atoms with Gasteiger partial charge in [0.25, 0.3) is 0 Å². The van der Waals surface area contributed by atoms with Gasteiger partial charge in [-0.15, -0.1) is 10.2 Å². The maximum absolute atomic E-state index is 12.9. The van der Waals surface area contributed by atoms with E-state index in [9.17, 15) is 8.42 Å². The summed E-state index contributed by atoms with van der Waals surface area (Å²) in [6.07, 6.45) is 1.54. The minimum atomic E-state index is -3.88. The molecule has 1 aromatic carbocycles. The number of rotatable bonds is 9. The van der Waals surface area contributed by atoms with Crippen LogP contribution in [0, 0.1) is 6.92 Å². The molecule has 2 rings (SSSR count). The largest absolute Gasteiger partial charge is 0.496 e. The molecule has 1 aromatic heterocycles. The van der Waals surface area contributed by atoms with Crippen molar-refractivity contribution in [1.29, 1.82) is 0 Å². The molecule has 0 amide bonds. The van der Waals surface area contributed by atoms with Gasteiger partial charge in [-0.2, -0.15) is 0 Å². The fourth-order valence-corrected chi connectivity index (χ4v) is 3.91. The Morgan fingerprint density at radius 2 is 1.88 bits per heavy atom. The van der Waals surface area contributed by atoms with Crippen LogP contribution in [0.2, 0.25) is 0 Å². The predicted molar refractivity (Wildman–Crippen MR) is 94.9 cm³/mol. The molecule has 0 aliphatic rings. The zero-order valence-electron chi connectivity index (χ0n) is 15.5. The first-order valence-electron chi connectivity index (χ1n) is 7.95. The summed E-state index contributed by atoms with van der Waals surface area (Å²) in [5, 5.41) is 7.86. The zero-order chi connectivity index (χ0) is 19.3. The van der Waals surface area contributed by atoms with Crippen LogP contribution >= 0.6 is 0 Å². The first kappa shape index (κ1) is 20.1. The molecule has 1 N–H and O–H groups in total. The van der Waals surface area contributed by atoms with Crippen molar-refractivity contribution in [3.8, 4) is 11.5 Å². The SMILES string of the molecule is COCCn1cnnc1[C@@H](C)NS(=O)(=O)c1cc(OC)c(C)cc1OC. The Bertz CT molecular complexity index is 850. The average Bonchev–Trinajstić information content (AvgIpc) is 3.07. The lowest BCUT2D eigenvalue weighted by Gasteiger charge is -2.17. The van der Waals surface area contributed by atoms with Crippen molar-refractivity contribution in [2.75, 3.05) is 27.9 Å². The summed E-state index contributed by atoms with van der Waals surface area (Å²) in [6, 6.07) is 2.47. The monoisotopic (exact) mass is 384 g/mol. The van der Waals surface area contributed by atoms with E-state index in [1.54, 1.807) is 24.7 Å². The van der Waals surface area contributed by atoms with Gasteiger partial charge < -0.3 is 18.8 Å². The van der Waals surface area contributed by atoms with Crippen molar-refractivity contribution >= 4 is 10.0 Å². The highest BCUT2D eigenvalue weighted by Gasteiger charge is 2.26. The summed E-state index contributed by atoms with van der Waals surface area (Å²) in [7, 11) is 0.616. The molecular formula is C16H24N4O5S. The summed E-state index contributed by atoms with van der Waals surface area (Å²) in [5.41, 5.74) is 0.774. The zero-order valence-corrected chi connectivity index (χ0v) is 16.3. The van der Waals surface area contributed by atoms with Crippen molar-refractivity contribution in [3.05, 3.63) is 29.8 Å². The molecule has 9 nitrogen and oxygen atoms in total. The summed E-state index contributed by atoms with van der Waals surface area (Å²) in [6.45, 7) is 4.49. The minimum Gasteiger partial charge on any atom is -0.496 e. The second kappa shape index (κ2) is 8.47. The molecule has 2 aromatic rings. The molecule has 26 heavy (non-hydrogen) atoms. The van der Waals surface area contributed by atoms with Crippen molar-refractivity contribution in [2.24, 2.45) is 0 Å². The van der Waals surface area contributed by atoms with Crippen molar-refractivity contribution in [2.45, 2.75) is 31.3 Å². The molecule has 0 fully saturated rings. The van der Waals surface area contributed by atoms with Gasteiger partial charge in [-0.05, 0) is 25.5 Å². The lowest BCUT2D eigenvalue weighted by atomic mass is 10.2. The number of benzene rings is 1. The van der Waals surface area contributed by atoms with Crippen LogP contribution in [0.5, 0.6) is 11.5 Å². The number of nitrogens with one attached hydrogen (secondary N) is 1. The number of hydrogen-bond acceptors (Lipinski definition) is 7. The van der Waals surface area contributed by atoms with E-state index >= 15 is 0 Å². The summed E-state index contributed by atoms with van der Waals surface area (Å²) in [4.78, 5) is -0.00254. The van der Waals surface area contributed by atoms with Crippen LogP contribution in [0.15, 0.2) is 23.4 Å². The van der Waals surface area contributed by atoms with Gasteiger partial charge in [0.2, 0.25) is 10.0 Å². The topological polar surface area (TPSA) is 105 Å². The van der Waals surface area contributed by atoms with Crippen molar-refractivity contribution in [3.63, 3.8) is 0 Å². The van der Waals surface area contributed by atoms with Crippen LogP contribution in [-0.2, 0) is 21.3 Å². The molecule has 1 heterocycles. The van der Waals surface area contributed by atoms with Gasteiger partial charge in [0.15, 0.2) is 5.82 Å². The third-order valence-corrected chi connectivity index (χ3v) is 5.43.